The molecule has 3 atom stereocenters. The number of halogens is 3. The quantitative estimate of drug-likeness (QED) is 0.781. The molecule has 0 radical (unpaired) electrons. The standard InChI is InChI=1S/C19H22F3N3O3/c1-10-12(5-6-15(23-10)19(20,21)22)17(26)25-7-13-14(8-25)24(2)18(27)16(13)28-9-11-3-4-11/h5-6,11,13-14,16H,3-4,7-9H2,1-2H3/t13-,14+,16-/m0/s1. The second kappa shape index (κ2) is 6.72. The predicted octanol–water partition coefficient (Wildman–Crippen LogP) is 2.12. The van der Waals surface area contributed by atoms with Gasteiger partial charge in [0, 0.05) is 26.1 Å². The zero-order valence-corrected chi connectivity index (χ0v) is 15.7. The van der Waals surface area contributed by atoms with E-state index in [0.717, 1.165) is 18.9 Å². The largest absolute Gasteiger partial charge is 0.433 e. The molecule has 0 bridgehead atoms. The first-order valence-corrected chi connectivity index (χ1v) is 9.39. The summed E-state index contributed by atoms with van der Waals surface area (Å²) in [7, 11) is 1.71. The minimum absolute atomic E-state index is 0.0443. The van der Waals surface area contributed by atoms with E-state index in [1.165, 1.54) is 13.0 Å². The molecule has 0 N–H and O–H groups in total. The SMILES string of the molecule is Cc1nc(C(F)(F)F)ccc1C(=O)N1C[C@@H]2[C@H](OCC3CC3)C(=O)N(C)[C@@H]2C1. The van der Waals surface area contributed by atoms with Gasteiger partial charge in [0.05, 0.1) is 23.9 Å². The number of rotatable bonds is 4. The van der Waals surface area contributed by atoms with Crippen molar-refractivity contribution in [3.05, 3.63) is 29.1 Å². The van der Waals surface area contributed by atoms with E-state index in [1.807, 2.05) is 0 Å². The summed E-state index contributed by atoms with van der Waals surface area (Å²) in [5.41, 5.74) is -0.820. The molecule has 1 aromatic heterocycles. The summed E-state index contributed by atoms with van der Waals surface area (Å²) in [6.07, 6.45) is -2.86. The Morgan fingerprint density at radius 2 is 2.00 bits per heavy atom. The van der Waals surface area contributed by atoms with Crippen molar-refractivity contribution < 1.29 is 27.5 Å². The molecule has 0 aromatic carbocycles. The Hall–Kier alpha value is -2.16. The van der Waals surface area contributed by atoms with Crippen molar-refractivity contribution in [2.75, 3.05) is 26.7 Å². The third-order valence-corrected chi connectivity index (χ3v) is 5.91. The number of hydrogen-bond donors (Lipinski definition) is 0. The Morgan fingerprint density at radius 1 is 1.29 bits per heavy atom. The van der Waals surface area contributed by atoms with E-state index in [2.05, 4.69) is 4.98 Å². The molecule has 2 aliphatic heterocycles. The number of ether oxygens (including phenoxy) is 1. The van der Waals surface area contributed by atoms with Gasteiger partial charge in [-0.25, -0.2) is 4.98 Å². The lowest BCUT2D eigenvalue weighted by Gasteiger charge is -2.23. The number of fused-ring (bicyclic) bond motifs is 1. The molecule has 6 nitrogen and oxygen atoms in total. The number of aryl methyl sites for hydroxylation is 1. The van der Waals surface area contributed by atoms with Crippen LogP contribution in [0.4, 0.5) is 13.2 Å². The lowest BCUT2D eigenvalue weighted by Crippen LogP contribution is -2.39. The number of pyridine rings is 1. The normalized spacial score (nSPS) is 27.5. The van der Waals surface area contributed by atoms with Gasteiger partial charge in [0.2, 0.25) is 0 Å². The number of likely N-dealkylation sites (N-methyl/N-ethyl adjacent to an activating group) is 1. The molecule has 0 spiro atoms. The summed E-state index contributed by atoms with van der Waals surface area (Å²) in [4.78, 5) is 32.1. The third-order valence-electron chi connectivity index (χ3n) is 5.91. The van der Waals surface area contributed by atoms with Crippen LogP contribution in [-0.2, 0) is 15.7 Å². The fourth-order valence-corrected chi connectivity index (χ4v) is 4.07. The highest BCUT2D eigenvalue weighted by Gasteiger charge is 2.53. The summed E-state index contributed by atoms with van der Waals surface area (Å²) in [5, 5.41) is 0. The van der Waals surface area contributed by atoms with Gasteiger partial charge >= 0.3 is 6.18 Å². The number of carbonyl (C=O) groups is 2. The molecule has 2 amide bonds. The summed E-state index contributed by atoms with van der Waals surface area (Å²) >= 11 is 0. The Kier molecular flexibility index (Phi) is 4.60. The molecule has 1 aliphatic carbocycles. The number of amides is 2. The van der Waals surface area contributed by atoms with E-state index in [4.69, 9.17) is 4.74 Å². The maximum atomic E-state index is 12.9. The van der Waals surface area contributed by atoms with Gasteiger partial charge in [-0.15, -0.1) is 0 Å². The first-order chi connectivity index (χ1) is 13.2. The monoisotopic (exact) mass is 397 g/mol. The molecular weight excluding hydrogens is 375 g/mol. The minimum Gasteiger partial charge on any atom is -0.368 e. The molecule has 1 aromatic rings. The van der Waals surface area contributed by atoms with E-state index < -0.39 is 18.0 Å². The number of hydrogen-bond acceptors (Lipinski definition) is 4. The van der Waals surface area contributed by atoms with Crippen molar-refractivity contribution in [1.82, 2.24) is 14.8 Å². The van der Waals surface area contributed by atoms with Crippen molar-refractivity contribution in [3.8, 4) is 0 Å². The van der Waals surface area contributed by atoms with Crippen LogP contribution in [0.5, 0.6) is 0 Å². The van der Waals surface area contributed by atoms with E-state index in [0.29, 0.717) is 25.6 Å². The number of carbonyl (C=O) groups excluding carboxylic acids is 2. The van der Waals surface area contributed by atoms with E-state index >= 15 is 0 Å². The predicted molar refractivity (Wildman–Crippen MR) is 92.4 cm³/mol. The highest BCUT2D eigenvalue weighted by atomic mass is 19.4. The molecule has 3 heterocycles. The molecule has 152 valence electrons. The van der Waals surface area contributed by atoms with Gasteiger partial charge in [-0.1, -0.05) is 0 Å². The molecule has 3 fully saturated rings. The average molecular weight is 397 g/mol. The molecule has 4 rings (SSSR count). The van der Waals surface area contributed by atoms with Gasteiger partial charge in [-0.3, -0.25) is 9.59 Å². The summed E-state index contributed by atoms with van der Waals surface area (Å²) in [6, 6.07) is 1.87. The fraction of sp³-hybridized carbons (Fsp3) is 0.632. The first kappa shape index (κ1) is 19.2. The molecule has 2 saturated heterocycles. The van der Waals surface area contributed by atoms with Gasteiger partial charge in [0.25, 0.3) is 11.8 Å². The Morgan fingerprint density at radius 3 is 2.61 bits per heavy atom. The molecular formula is C19H22F3N3O3. The van der Waals surface area contributed by atoms with Gasteiger partial charge < -0.3 is 14.5 Å². The molecule has 0 unspecified atom stereocenters. The van der Waals surface area contributed by atoms with Gasteiger partial charge in [-0.2, -0.15) is 13.2 Å². The van der Waals surface area contributed by atoms with Crippen molar-refractivity contribution in [2.24, 2.45) is 11.8 Å². The zero-order valence-electron chi connectivity index (χ0n) is 15.7. The van der Waals surface area contributed by atoms with Crippen LogP contribution in [0.3, 0.4) is 0 Å². The van der Waals surface area contributed by atoms with Crippen molar-refractivity contribution >= 4 is 11.8 Å². The van der Waals surface area contributed by atoms with E-state index in [9.17, 15) is 22.8 Å². The van der Waals surface area contributed by atoms with Crippen LogP contribution < -0.4 is 0 Å². The Balaban J connectivity index is 1.49. The summed E-state index contributed by atoms with van der Waals surface area (Å²) in [5.74, 6) is -0.0230. The van der Waals surface area contributed by atoms with Crippen LogP contribution in [0, 0.1) is 18.8 Å². The Labute approximate surface area is 160 Å². The molecule has 1 saturated carbocycles. The maximum absolute atomic E-state index is 12.9. The number of likely N-dealkylation sites (tertiary alicyclic amines) is 2. The maximum Gasteiger partial charge on any atom is 0.433 e. The smallest absolute Gasteiger partial charge is 0.368 e. The van der Waals surface area contributed by atoms with E-state index in [1.54, 1.807) is 16.8 Å². The second-order valence-corrected chi connectivity index (χ2v) is 7.92. The first-order valence-electron chi connectivity index (χ1n) is 9.39. The minimum atomic E-state index is -4.55. The summed E-state index contributed by atoms with van der Waals surface area (Å²) in [6.45, 7) is 2.64. The van der Waals surface area contributed by atoms with Crippen molar-refractivity contribution in [2.45, 2.75) is 38.1 Å². The van der Waals surface area contributed by atoms with Crippen LogP contribution in [0.15, 0.2) is 12.1 Å². The average Bonchev–Trinajstić information content (AvgIpc) is 3.31. The van der Waals surface area contributed by atoms with Crippen molar-refractivity contribution in [1.29, 1.82) is 0 Å². The van der Waals surface area contributed by atoms with Crippen LogP contribution in [0.2, 0.25) is 0 Å². The van der Waals surface area contributed by atoms with Crippen LogP contribution in [-0.4, -0.2) is 65.5 Å². The van der Waals surface area contributed by atoms with Crippen molar-refractivity contribution in [3.63, 3.8) is 0 Å². The lowest BCUT2D eigenvalue weighted by atomic mass is 10.0. The zero-order chi connectivity index (χ0) is 20.2. The Bertz CT molecular complexity index is 809. The highest BCUT2D eigenvalue weighted by molar-refractivity contribution is 5.96. The molecule has 28 heavy (non-hydrogen) atoms. The van der Waals surface area contributed by atoms with Gasteiger partial charge in [0.15, 0.2) is 0 Å². The van der Waals surface area contributed by atoms with Gasteiger partial charge in [0.1, 0.15) is 11.8 Å². The molecule has 9 heteroatoms. The second-order valence-electron chi connectivity index (χ2n) is 7.92. The van der Waals surface area contributed by atoms with Crippen LogP contribution in [0.25, 0.3) is 0 Å². The van der Waals surface area contributed by atoms with Crippen LogP contribution in [0.1, 0.15) is 34.6 Å². The highest BCUT2D eigenvalue weighted by Crippen LogP contribution is 2.37. The number of nitrogens with zero attached hydrogens (tertiary/aromatic N) is 3. The van der Waals surface area contributed by atoms with Gasteiger partial charge in [-0.05, 0) is 37.8 Å². The van der Waals surface area contributed by atoms with E-state index in [-0.39, 0.29) is 35.0 Å². The molecule has 3 aliphatic rings. The fourth-order valence-electron chi connectivity index (χ4n) is 4.07. The summed E-state index contributed by atoms with van der Waals surface area (Å²) < 4.78 is 44.3. The third kappa shape index (κ3) is 3.36. The van der Waals surface area contributed by atoms with Crippen LogP contribution >= 0.6 is 0 Å². The topological polar surface area (TPSA) is 62.7 Å². The number of alkyl halides is 3. The lowest BCUT2D eigenvalue weighted by molar-refractivity contribution is -0.141. The number of aromatic nitrogens is 1.